The standard InChI is InChI=1S/C18H24F2N4O2S.HI/c1-4-21-18(24-11-16-23-10-12(2)27-16)22-8-7-13-5-6-14(25-3)15(9-13)26-17(19)20;/h5-6,9-10,17H,4,7-8,11H2,1-3H3,(H2,21,22,24);1H. The molecule has 1 heterocycles. The Morgan fingerprint density at radius 2 is 2.07 bits per heavy atom. The average Bonchev–Trinajstić information content (AvgIpc) is 3.05. The molecule has 0 bridgehead atoms. The summed E-state index contributed by atoms with van der Waals surface area (Å²) in [5.74, 6) is 0.994. The molecule has 0 unspecified atom stereocenters. The SMILES string of the molecule is CCNC(=NCc1ncc(C)s1)NCCc1ccc(OC)c(OC(F)F)c1.I. The Labute approximate surface area is 184 Å². The number of rotatable bonds is 9. The van der Waals surface area contributed by atoms with Crippen LogP contribution in [-0.2, 0) is 13.0 Å². The summed E-state index contributed by atoms with van der Waals surface area (Å²) in [6.07, 6.45) is 2.45. The van der Waals surface area contributed by atoms with E-state index in [9.17, 15) is 8.78 Å². The largest absolute Gasteiger partial charge is 0.493 e. The number of thiazole rings is 1. The minimum Gasteiger partial charge on any atom is -0.493 e. The molecule has 0 radical (unpaired) electrons. The summed E-state index contributed by atoms with van der Waals surface area (Å²) in [6.45, 7) is 2.93. The third-order valence-electron chi connectivity index (χ3n) is 3.54. The number of hydrogen-bond acceptors (Lipinski definition) is 5. The maximum absolute atomic E-state index is 12.5. The van der Waals surface area contributed by atoms with Crippen molar-refractivity contribution in [1.82, 2.24) is 15.6 Å². The van der Waals surface area contributed by atoms with Gasteiger partial charge in [-0.3, -0.25) is 0 Å². The molecule has 6 nitrogen and oxygen atoms in total. The van der Waals surface area contributed by atoms with Crippen LogP contribution in [0.5, 0.6) is 11.5 Å². The first kappa shape index (κ1) is 24.3. The lowest BCUT2D eigenvalue weighted by Gasteiger charge is -2.13. The van der Waals surface area contributed by atoms with Crippen molar-refractivity contribution in [2.45, 2.75) is 33.4 Å². The van der Waals surface area contributed by atoms with Gasteiger partial charge in [0.25, 0.3) is 0 Å². The molecule has 10 heteroatoms. The van der Waals surface area contributed by atoms with E-state index >= 15 is 0 Å². The second kappa shape index (κ2) is 12.7. The van der Waals surface area contributed by atoms with Crippen LogP contribution < -0.4 is 20.1 Å². The Kier molecular flexibility index (Phi) is 11.0. The van der Waals surface area contributed by atoms with Gasteiger partial charge in [-0.25, -0.2) is 9.98 Å². The summed E-state index contributed by atoms with van der Waals surface area (Å²) in [5.41, 5.74) is 0.852. The van der Waals surface area contributed by atoms with Gasteiger partial charge >= 0.3 is 6.61 Å². The maximum atomic E-state index is 12.5. The first-order chi connectivity index (χ1) is 13.0. The molecule has 2 N–H and O–H groups in total. The van der Waals surface area contributed by atoms with Crippen molar-refractivity contribution in [3.8, 4) is 11.5 Å². The summed E-state index contributed by atoms with van der Waals surface area (Å²) in [7, 11) is 1.41. The summed E-state index contributed by atoms with van der Waals surface area (Å²) in [5, 5.41) is 7.36. The van der Waals surface area contributed by atoms with Gasteiger partial charge in [0, 0.05) is 24.2 Å². The maximum Gasteiger partial charge on any atom is 0.387 e. The van der Waals surface area contributed by atoms with Gasteiger partial charge < -0.3 is 20.1 Å². The van der Waals surface area contributed by atoms with Crippen molar-refractivity contribution in [3.05, 3.63) is 39.8 Å². The minimum atomic E-state index is -2.89. The third-order valence-corrected chi connectivity index (χ3v) is 4.43. The number of alkyl halides is 2. The highest BCUT2D eigenvalue weighted by Crippen LogP contribution is 2.29. The number of hydrogen-bond donors (Lipinski definition) is 2. The highest BCUT2D eigenvalue weighted by Gasteiger charge is 2.11. The number of methoxy groups -OCH3 is 1. The van der Waals surface area contributed by atoms with Crippen LogP contribution in [0, 0.1) is 6.92 Å². The zero-order valence-corrected chi connectivity index (χ0v) is 19.1. The number of aromatic nitrogens is 1. The Hall–Kier alpha value is -1.69. The van der Waals surface area contributed by atoms with E-state index in [4.69, 9.17) is 4.74 Å². The summed E-state index contributed by atoms with van der Waals surface area (Å²) in [4.78, 5) is 9.96. The molecule has 0 fully saturated rings. The van der Waals surface area contributed by atoms with Gasteiger partial charge in [-0.15, -0.1) is 35.3 Å². The van der Waals surface area contributed by atoms with Crippen LogP contribution in [0.15, 0.2) is 29.4 Å². The van der Waals surface area contributed by atoms with Crippen molar-refractivity contribution < 1.29 is 18.3 Å². The highest BCUT2D eigenvalue weighted by molar-refractivity contribution is 14.0. The van der Waals surface area contributed by atoms with Gasteiger partial charge in [0.1, 0.15) is 5.01 Å². The number of nitrogens with zero attached hydrogens (tertiary/aromatic N) is 2. The Balaban J connectivity index is 0.00000392. The van der Waals surface area contributed by atoms with E-state index in [2.05, 4.69) is 25.3 Å². The van der Waals surface area contributed by atoms with Gasteiger partial charge in [-0.2, -0.15) is 8.78 Å². The molecule has 1 aromatic carbocycles. The summed E-state index contributed by atoms with van der Waals surface area (Å²) < 4.78 is 34.6. The summed E-state index contributed by atoms with van der Waals surface area (Å²) >= 11 is 1.62. The van der Waals surface area contributed by atoms with Crippen LogP contribution in [0.1, 0.15) is 22.4 Å². The normalized spacial score (nSPS) is 11.1. The van der Waals surface area contributed by atoms with Gasteiger partial charge in [0.2, 0.25) is 0 Å². The number of nitrogens with one attached hydrogen (secondary N) is 2. The van der Waals surface area contributed by atoms with E-state index in [1.807, 2.05) is 26.1 Å². The van der Waals surface area contributed by atoms with Gasteiger partial charge in [0.15, 0.2) is 17.5 Å². The number of halogens is 3. The fraction of sp³-hybridized carbons (Fsp3) is 0.444. The molecule has 0 saturated carbocycles. The van der Waals surface area contributed by atoms with Crippen LogP contribution in [0.25, 0.3) is 0 Å². The fourth-order valence-electron chi connectivity index (χ4n) is 2.35. The molecule has 0 aliphatic heterocycles. The molecule has 0 spiro atoms. The highest BCUT2D eigenvalue weighted by atomic mass is 127. The predicted molar refractivity (Wildman–Crippen MR) is 118 cm³/mol. The molecule has 0 saturated heterocycles. The molecule has 0 aliphatic rings. The molecule has 0 aliphatic carbocycles. The number of benzene rings is 1. The van der Waals surface area contributed by atoms with Crippen molar-refractivity contribution in [2.75, 3.05) is 20.2 Å². The van der Waals surface area contributed by atoms with Gasteiger partial charge in [-0.1, -0.05) is 6.07 Å². The van der Waals surface area contributed by atoms with E-state index in [1.54, 1.807) is 23.5 Å². The van der Waals surface area contributed by atoms with Crippen molar-refractivity contribution in [1.29, 1.82) is 0 Å². The van der Waals surface area contributed by atoms with E-state index in [1.165, 1.54) is 7.11 Å². The van der Waals surface area contributed by atoms with E-state index in [-0.39, 0.29) is 35.5 Å². The summed E-state index contributed by atoms with van der Waals surface area (Å²) in [6, 6.07) is 5.01. The average molecular weight is 526 g/mol. The van der Waals surface area contributed by atoms with Crippen LogP contribution >= 0.6 is 35.3 Å². The zero-order chi connectivity index (χ0) is 19.6. The smallest absolute Gasteiger partial charge is 0.387 e. The Morgan fingerprint density at radius 1 is 1.29 bits per heavy atom. The first-order valence-corrected chi connectivity index (χ1v) is 9.38. The molecule has 156 valence electrons. The van der Waals surface area contributed by atoms with Crippen molar-refractivity contribution in [3.63, 3.8) is 0 Å². The lowest BCUT2D eigenvalue weighted by atomic mass is 10.1. The van der Waals surface area contributed by atoms with Crippen LogP contribution in [0.4, 0.5) is 8.78 Å². The predicted octanol–water partition coefficient (Wildman–Crippen LogP) is 3.98. The lowest BCUT2D eigenvalue weighted by molar-refractivity contribution is -0.0512. The van der Waals surface area contributed by atoms with E-state index in [0.717, 1.165) is 22.0 Å². The van der Waals surface area contributed by atoms with Crippen molar-refractivity contribution in [2.24, 2.45) is 4.99 Å². The number of guanidine groups is 1. The zero-order valence-electron chi connectivity index (χ0n) is 16.0. The quantitative estimate of drug-likeness (QED) is 0.294. The Morgan fingerprint density at radius 3 is 2.68 bits per heavy atom. The lowest BCUT2D eigenvalue weighted by Crippen LogP contribution is -2.38. The molecule has 1 aromatic heterocycles. The molecular weight excluding hydrogens is 501 g/mol. The van der Waals surface area contributed by atoms with Crippen molar-refractivity contribution >= 4 is 41.3 Å². The molecular formula is C18H25F2IN4O2S. The second-order valence-corrected chi connectivity index (χ2v) is 6.92. The van der Waals surface area contributed by atoms with Crippen LogP contribution in [0.2, 0.25) is 0 Å². The third kappa shape index (κ3) is 8.13. The molecule has 28 heavy (non-hydrogen) atoms. The van der Waals surface area contributed by atoms with Gasteiger partial charge in [-0.05, 0) is 38.0 Å². The topological polar surface area (TPSA) is 67.8 Å². The minimum absolute atomic E-state index is 0. The number of ether oxygens (including phenoxy) is 2. The Bertz CT molecular complexity index is 759. The van der Waals surface area contributed by atoms with Crippen LogP contribution in [-0.4, -0.2) is 37.8 Å². The first-order valence-electron chi connectivity index (χ1n) is 8.57. The second-order valence-electron chi connectivity index (χ2n) is 5.60. The van der Waals surface area contributed by atoms with Gasteiger partial charge in [0.05, 0.1) is 13.7 Å². The van der Waals surface area contributed by atoms with E-state index < -0.39 is 6.61 Å². The molecule has 0 atom stereocenters. The number of aryl methyl sites for hydroxylation is 1. The number of aliphatic imine (C=N–C) groups is 1. The monoisotopic (exact) mass is 526 g/mol. The molecule has 2 aromatic rings. The fourth-order valence-corrected chi connectivity index (χ4v) is 3.06. The van der Waals surface area contributed by atoms with Crippen LogP contribution in [0.3, 0.4) is 0 Å². The molecule has 2 rings (SSSR count). The van der Waals surface area contributed by atoms with E-state index in [0.29, 0.717) is 25.5 Å². The molecule has 0 amide bonds.